The van der Waals surface area contributed by atoms with Gasteiger partial charge in [0, 0.05) is 11.9 Å². The lowest BCUT2D eigenvalue weighted by Gasteiger charge is -2.11. The minimum atomic E-state index is -1.04. The number of nitrogens with one attached hydrogen (secondary N) is 1. The maximum Gasteiger partial charge on any atom is 0.339 e. The predicted octanol–water partition coefficient (Wildman–Crippen LogP) is 3.86. The van der Waals surface area contributed by atoms with Crippen LogP contribution in [0.15, 0.2) is 73.1 Å². The SMILES string of the molecule is O=C(O)c1cnc2c(cnn2-c2ccccc2)c1Nc1ccccc1. The second kappa shape index (κ2) is 6.09. The minimum absolute atomic E-state index is 0.101. The van der Waals surface area contributed by atoms with Gasteiger partial charge in [-0.2, -0.15) is 5.10 Å². The summed E-state index contributed by atoms with van der Waals surface area (Å²) >= 11 is 0. The van der Waals surface area contributed by atoms with Crippen LogP contribution in [0.5, 0.6) is 0 Å². The number of para-hydroxylation sites is 2. The highest BCUT2D eigenvalue weighted by molar-refractivity contribution is 6.04. The van der Waals surface area contributed by atoms with Crippen molar-refractivity contribution in [1.29, 1.82) is 0 Å². The Morgan fingerprint density at radius 3 is 2.32 bits per heavy atom. The third kappa shape index (κ3) is 2.70. The molecule has 0 aliphatic carbocycles. The van der Waals surface area contributed by atoms with Crippen molar-refractivity contribution in [1.82, 2.24) is 14.8 Å². The average Bonchev–Trinajstić information content (AvgIpc) is 3.08. The molecule has 0 amide bonds. The third-order valence-corrected chi connectivity index (χ3v) is 3.87. The Balaban J connectivity index is 1.91. The van der Waals surface area contributed by atoms with Crippen LogP contribution in [0.2, 0.25) is 0 Å². The molecular weight excluding hydrogens is 316 g/mol. The first-order chi connectivity index (χ1) is 12.2. The quantitative estimate of drug-likeness (QED) is 0.594. The molecule has 2 N–H and O–H groups in total. The highest BCUT2D eigenvalue weighted by Gasteiger charge is 2.18. The Bertz CT molecular complexity index is 1040. The summed E-state index contributed by atoms with van der Waals surface area (Å²) in [7, 11) is 0. The zero-order valence-corrected chi connectivity index (χ0v) is 13.1. The van der Waals surface area contributed by atoms with Gasteiger partial charge in [-0.05, 0) is 24.3 Å². The molecule has 0 radical (unpaired) electrons. The van der Waals surface area contributed by atoms with E-state index < -0.39 is 5.97 Å². The van der Waals surface area contributed by atoms with E-state index in [1.807, 2.05) is 60.7 Å². The maximum atomic E-state index is 11.6. The van der Waals surface area contributed by atoms with Crippen LogP contribution in [0.25, 0.3) is 16.7 Å². The number of pyridine rings is 1. The summed E-state index contributed by atoms with van der Waals surface area (Å²) in [5, 5.41) is 17.7. The number of aromatic nitrogens is 3. The van der Waals surface area contributed by atoms with Crippen molar-refractivity contribution in [3.63, 3.8) is 0 Å². The fraction of sp³-hybridized carbons (Fsp3) is 0. The molecule has 4 aromatic rings. The molecule has 6 nitrogen and oxygen atoms in total. The number of fused-ring (bicyclic) bond motifs is 1. The first kappa shape index (κ1) is 14.9. The fourth-order valence-corrected chi connectivity index (χ4v) is 2.70. The van der Waals surface area contributed by atoms with Gasteiger partial charge in [0.2, 0.25) is 0 Å². The largest absolute Gasteiger partial charge is 0.478 e. The Hall–Kier alpha value is -3.67. The van der Waals surface area contributed by atoms with Gasteiger partial charge in [-0.3, -0.25) is 0 Å². The molecule has 2 aromatic heterocycles. The van der Waals surface area contributed by atoms with E-state index in [1.54, 1.807) is 10.9 Å². The van der Waals surface area contributed by atoms with Gasteiger partial charge in [-0.1, -0.05) is 36.4 Å². The molecule has 0 atom stereocenters. The van der Waals surface area contributed by atoms with Crippen molar-refractivity contribution in [2.45, 2.75) is 0 Å². The van der Waals surface area contributed by atoms with E-state index in [4.69, 9.17) is 0 Å². The van der Waals surface area contributed by atoms with Crippen molar-refractivity contribution in [3.8, 4) is 5.69 Å². The van der Waals surface area contributed by atoms with Gasteiger partial charge in [-0.25, -0.2) is 14.5 Å². The molecule has 4 rings (SSSR count). The van der Waals surface area contributed by atoms with Gasteiger partial charge in [0.1, 0.15) is 5.56 Å². The number of anilines is 2. The van der Waals surface area contributed by atoms with Crippen LogP contribution in [-0.4, -0.2) is 25.8 Å². The Labute approximate surface area is 143 Å². The lowest BCUT2D eigenvalue weighted by molar-refractivity contribution is 0.0697. The van der Waals surface area contributed by atoms with Crippen molar-refractivity contribution in [3.05, 3.63) is 78.6 Å². The minimum Gasteiger partial charge on any atom is -0.478 e. The van der Waals surface area contributed by atoms with Gasteiger partial charge in [0.25, 0.3) is 0 Å². The number of hydrogen-bond donors (Lipinski definition) is 2. The number of rotatable bonds is 4. The molecule has 0 saturated carbocycles. The van der Waals surface area contributed by atoms with Gasteiger partial charge < -0.3 is 10.4 Å². The normalized spacial score (nSPS) is 10.7. The highest BCUT2D eigenvalue weighted by Crippen LogP contribution is 2.30. The molecule has 0 saturated heterocycles. The number of hydrogen-bond acceptors (Lipinski definition) is 4. The maximum absolute atomic E-state index is 11.6. The second-order valence-electron chi connectivity index (χ2n) is 5.47. The lowest BCUT2D eigenvalue weighted by atomic mass is 10.1. The molecule has 0 bridgehead atoms. The van der Waals surface area contributed by atoms with E-state index in [1.165, 1.54) is 6.20 Å². The van der Waals surface area contributed by atoms with E-state index >= 15 is 0 Å². The number of aromatic carboxylic acids is 1. The van der Waals surface area contributed by atoms with E-state index in [-0.39, 0.29) is 5.56 Å². The summed E-state index contributed by atoms with van der Waals surface area (Å²) in [6.07, 6.45) is 2.99. The van der Waals surface area contributed by atoms with Crippen LogP contribution in [0.3, 0.4) is 0 Å². The summed E-state index contributed by atoms with van der Waals surface area (Å²) in [5.74, 6) is -1.04. The zero-order chi connectivity index (χ0) is 17.2. The summed E-state index contributed by atoms with van der Waals surface area (Å²) in [4.78, 5) is 15.9. The number of benzene rings is 2. The van der Waals surface area contributed by atoms with Crippen LogP contribution >= 0.6 is 0 Å². The van der Waals surface area contributed by atoms with Gasteiger partial charge in [0.15, 0.2) is 5.65 Å². The molecule has 6 heteroatoms. The molecule has 0 spiro atoms. The van der Waals surface area contributed by atoms with Gasteiger partial charge in [-0.15, -0.1) is 0 Å². The van der Waals surface area contributed by atoms with Crippen LogP contribution in [0.1, 0.15) is 10.4 Å². The van der Waals surface area contributed by atoms with Gasteiger partial charge >= 0.3 is 5.97 Å². The molecule has 0 aliphatic heterocycles. The molecular formula is C19H14N4O2. The first-order valence-electron chi connectivity index (χ1n) is 7.71. The van der Waals surface area contributed by atoms with Crippen LogP contribution < -0.4 is 5.32 Å². The second-order valence-corrected chi connectivity index (χ2v) is 5.47. The Morgan fingerprint density at radius 2 is 1.64 bits per heavy atom. The smallest absolute Gasteiger partial charge is 0.339 e. The average molecular weight is 330 g/mol. The lowest BCUT2D eigenvalue weighted by Crippen LogP contribution is -2.05. The molecule has 2 aromatic carbocycles. The third-order valence-electron chi connectivity index (χ3n) is 3.87. The number of carbonyl (C=O) groups is 1. The van der Waals surface area contributed by atoms with Crippen LogP contribution in [0, 0.1) is 0 Å². The number of nitrogens with zero attached hydrogens (tertiary/aromatic N) is 3. The summed E-state index contributed by atoms with van der Waals surface area (Å²) < 4.78 is 1.69. The fourth-order valence-electron chi connectivity index (χ4n) is 2.70. The summed E-state index contributed by atoms with van der Waals surface area (Å²) in [6, 6.07) is 19.0. The Morgan fingerprint density at radius 1 is 0.960 bits per heavy atom. The number of carboxylic acid groups (broad SMARTS) is 1. The summed E-state index contributed by atoms with van der Waals surface area (Å²) in [6.45, 7) is 0. The van der Waals surface area contributed by atoms with E-state index in [9.17, 15) is 9.90 Å². The summed E-state index contributed by atoms with van der Waals surface area (Å²) in [5.41, 5.74) is 2.83. The van der Waals surface area contributed by atoms with E-state index in [0.29, 0.717) is 16.7 Å². The molecule has 0 unspecified atom stereocenters. The molecule has 0 aliphatic rings. The zero-order valence-electron chi connectivity index (χ0n) is 13.1. The first-order valence-corrected chi connectivity index (χ1v) is 7.71. The van der Waals surface area contributed by atoms with Crippen molar-refractivity contribution in [2.24, 2.45) is 0 Å². The van der Waals surface area contributed by atoms with Crippen molar-refractivity contribution in [2.75, 3.05) is 5.32 Å². The Kier molecular flexibility index (Phi) is 3.63. The molecule has 122 valence electrons. The topological polar surface area (TPSA) is 80.0 Å². The van der Waals surface area contributed by atoms with Crippen molar-refractivity contribution < 1.29 is 9.90 Å². The standard InChI is InChI=1S/C19H14N4O2/c24-19(25)16-11-20-18-15(17(16)22-13-7-3-1-4-8-13)12-21-23(18)14-9-5-2-6-10-14/h1-12H,(H,20,22)(H,24,25). The van der Waals surface area contributed by atoms with E-state index in [2.05, 4.69) is 15.4 Å². The van der Waals surface area contributed by atoms with Crippen molar-refractivity contribution >= 4 is 28.4 Å². The highest BCUT2D eigenvalue weighted by atomic mass is 16.4. The van der Waals surface area contributed by atoms with Crippen LogP contribution in [0.4, 0.5) is 11.4 Å². The number of carboxylic acids is 1. The molecule has 25 heavy (non-hydrogen) atoms. The molecule has 2 heterocycles. The monoisotopic (exact) mass is 330 g/mol. The van der Waals surface area contributed by atoms with Crippen LogP contribution in [-0.2, 0) is 0 Å². The van der Waals surface area contributed by atoms with Gasteiger partial charge in [0.05, 0.1) is 23.0 Å². The van der Waals surface area contributed by atoms with E-state index in [0.717, 1.165) is 11.4 Å². The predicted molar refractivity (Wildman–Crippen MR) is 95.5 cm³/mol. The molecule has 0 fully saturated rings.